The molecular formula is C21H21ClFN3O4. The number of carbonyl (C=O) groups excluding carboxylic acids is 4. The van der Waals surface area contributed by atoms with Crippen molar-refractivity contribution in [3.8, 4) is 0 Å². The highest BCUT2D eigenvalue weighted by atomic mass is 35.5. The third-order valence-electron chi connectivity index (χ3n) is 5.88. The molecule has 9 heteroatoms. The fourth-order valence-electron chi connectivity index (χ4n) is 4.28. The molecule has 1 aromatic carbocycles. The first-order chi connectivity index (χ1) is 14.3. The van der Waals surface area contributed by atoms with Crippen LogP contribution in [0.1, 0.15) is 24.8 Å². The highest BCUT2D eigenvalue weighted by Crippen LogP contribution is 2.36. The van der Waals surface area contributed by atoms with Crippen LogP contribution in [-0.4, -0.2) is 64.9 Å². The van der Waals surface area contributed by atoms with E-state index in [1.165, 1.54) is 32.9 Å². The molecule has 3 aliphatic rings. The molecule has 0 saturated carbocycles. The van der Waals surface area contributed by atoms with Crippen LogP contribution in [0.25, 0.3) is 0 Å². The van der Waals surface area contributed by atoms with E-state index in [-0.39, 0.29) is 29.7 Å². The van der Waals surface area contributed by atoms with E-state index in [1.54, 1.807) is 7.05 Å². The summed E-state index contributed by atoms with van der Waals surface area (Å²) in [5.74, 6) is -4.27. The third kappa shape index (κ3) is 3.39. The largest absolute Gasteiger partial charge is 0.340 e. The number of fused-ring (bicyclic) bond motifs is 2. The van der Waals surface area contributed by atoms with Crippen molar-refractivity contribution in [2.24, 2.45) is 5.92 Å². The summed E-state index contributed by atoms with van der Waals surface area (Å²) in [6, 6.07) is 4.17. The number of likely N-dealkylation sites (tertiary alicyclic amines) is 1. The van der Waals surface area contributed by atoms with Crippen LogP contribution in [0.15, 0.2) is 29.5 Å². The average molecular weight is 434 g/mol. The summed E-state index contributed by atoms with van der Waals surface area (Å²) < 4.78 is 13.4. The molecule has 0 aliphatic carbocycles. The number of likely N-dealkylation sites (N-methyl/N-ethyl adjacent to an activating group) is 1. The van der Waals surface area contributed by atoms with Gasteiger partial charge in [0.25, 0.3) is 11.8 Å². The van der Waals surface area contributed by atoms with E-state index in [9.17, 15) is 23.6 Å². The molecule has 2 saturated heterocycles. The lowest BCUT2D eigenvalue weighted by Gasteiger charge is -2.41. The first-order valence-corrected chi connectivity index (χ1v) is 10.2. The van der Waals surface area contributed by atoms with E-state index in [2.05, 4.69) is 0 Å². The Balaban J connectivity index is 1.68. The van der Waals surface area contributed by atoms with E-state index in [0.717, 1.165) is 6.42 Å². The van der Waals surface area contributed by atoms with Gasteiger partial charge in [-0.2, -0.15) is 0 Å². The molecule has 3 amide bonds. The van der Waals surface area contributed by atoms with Crippen molar-refractivity contribution in [1.82, 2.24) is 14.7 Å². The zero-order valence-electron chi connectivity index (χ0n) is 16.5. The summed E-state index contributed by atoms with van der Waals surface area (Å²) in [7, 11) is 1.66. The van der Waals surface area contributed by atoms with Gasteiger partial charge in [-0.25, -0.2) is 4.39 Å². The smallest absolute Gasteiger partial charge is 0.295 e. The van der Waals surface area contributed by atoms with Crippen molar-refractivity contribution in [3.05, 3.63) is 45.9 Å². The number of nitrogens with zero attached hydrogens (tertiary/aromatic N) is 3. The summed E-state index contributed by atoms with van der Waals surface area (Å²) in [5.41, 5.74) is 1.23. The minimum absolute atomic E-state index is 0.0533. The Morgan fingerprint density at radius 3 is 2.53 bits per heavy atom. The molecule has 0 bridgehead atoms. The van der Waals surface area contributed by atoms with Crippen LogP contribution in [0, 0.1) is 11.7 Å². The molecule has 1 aromatic rings. The predicted octanol–water partition coefficient (Wildman–Crippen LogP) is 1.75. The molecule has 3 heterocycles. The lowest BCUT2D eigenvalue weighted by molar-refractivity contribution is -0.154. The molecule has 158 valence electrons. The Kier molecular flexibility index (Phi) is 5.36. The quantitative estimate of drug-likeness (QED) is 0.526. The van der Waals surface area contributed by atoms with Crippen LogP contribution in [0.2, 0.25) is 5.02 Å². The van der Waals surface area contributed by atoms with Crippen molar-refractivity contribution in [1.29, 1.82) is 0 Å². The first kappa shape index (κ1) is 20.5. The second kappa shape index (κ2) is 7.83. The standard InChI is InChI=1S/C21H21ClFN3O4/c1-24-7-2-3-8-26-17(20(24)29)13-6-9-25(19(28)16(13)18(27)21(26)30)11-12-4-5-15(23)14(22)10-12/h4-5,10,16H,2-3,6-9,11H2,1H3. The van der Waals surface area contributed by atoms with Gasteiger partial charge in [-0.15, -0.1) is 0 Å². The Morgan fingerprint density at radius 2 is 1.80 bits per heavy atom. The second-order valence-electron chi connectivity index (χ2n) is 7.82. The number of amides is 3. The summed E-state index contributed by atoms with van der Waals surface area (Å²) >= 11 is 5.82. The molecule has 3 aliphatic heterocycles. The Labute approximate surface area is 178 Å². The highest BCUT2D eigenvalue weighted by Gasteiger charge is 2.50. The Hall–Kier alpha value is -2.74. The second-order valence-corrected chi connectivity index (χ2v) is 8.23. The fourth-order valence-corrected chi connectivity index (χ4v) is 4.48. The van der Waals surface area contributed by atoms with Gasteiger partial charge in [-0.05, 0) is 42.5 Å². The summed E-state index contributed by atoms with van der Waals surface area (Å²) in [6.07, 6.45) is 1.72. The lowest BCUT2D eigenvalue weighted by Crippen LogP contribution is -2.56. The SMILES string of the molecule is CN1CCCCN2C(=O)C(=O)C3C(=O)N(Cc4ccc(F)c(Cl)c4)CCC3=C2C1=O. The number of hydrogen-bond acceptors (Lipinski definition) is 4. The van der Waals surface area contributed by atoms with E-state index >= 15 is 0 Å². The van der Waals surface area contributed by atoms with Crippen LogP contribution in [0.5, 0.6) is 0 Å². The maximum atomic E-state index is 13.4. The number of hydrogen-bond donors (Lipinski definition) is 0. The normalized spacial score (nSPS) is 22.8. The van der Waals surface area contributed by atoms with Crippen LogP contribution < -0.4 is 0 Å². The van der Waals surface area contributed by atoms with Crippen LogP contribution in [-0.2, 0) is 25.7 Å². The summed E-state index contributed by atoms with van der Waals surface area (Å²) in [5, 5.41) is -0.0533. The number of halogens is 2. The number of ketones is 1. The third-order valence-corrected chi connectivity index (χ3v) is 6.17. The van der Waals surface area contributed by atoms with Crippen molar-refractivity contribution in [2.75, 3.05) is 26.7 Å². The highest BCUT2D eigenvalue weighted by molar-refractivity contribution is 6.43. The zero-order chi connectivity index (χ0) is 21.6. The van der Waals surface area contributed by atoms with Crippen LogP contribution >= 0.6 is 11.6 Å². The van der Waals surface area contributed by atoms with Gasteiger partial charge in [-0.3, -0.25) is 19.2 Å². The molecule has 0 radical (unpaired) electrons. The lowest BCUT2D eigenvalue weighted by atomic mass is 9.81. The molecule has 30 heavy (non-hydrogen) atoms. The van der Waals surface area contributed by atoms with Gasteiger partial charge in [0, 0.05) is 33.2 Å². The molecular weight excluding hydrogens is 413 g/mol. The monoisotopic (exact) mass is 433 g/mol. The van der Waals surface area contributed by atoms with Gasteiger partial charge >= 0.3 is 0 Å². The molecule has 0 spiro atoms. The number of rotatable bonds is 2. The number of Topliss-reactive ketones (excluding diaryl/α,β-unsaturated/α-hetero) is 1. The van der Waals surface area contributed by atoms with Crippen LogP contribution in [0.4, 0.5) is 4.39 Å². The Bertz CT molecular complexity index is 992. The van der Waals surface area contributed by atoms with E-state index in [1.807, 2.05) is 0 Å². The fraction of sp³-hybridized carbons (Fsp3) is 0.429. The van der Waals surface area contributed by atoms with Gasteiger partial charge < -0.3 is 14.7 Å². The molecule has 2 fully saturated rings. The van der Waals surface area contributed by atoms with Crippen molar-refractivity contribution in [3.63, 3.8) is 0 Å². The minimum Gasteiger partial charge on any atom is -0.340 e. The molecule has 0 aromatic heterocycles. The maximum absolute atomic E-state index is 13.4. The molecule has 0 N–H and O–H groups in total. The molecule has 1 atom stereocenters. The van der Waals surface area contributed by atoms with Crippen molar-refractivity contribution >= 4 is 35.1 Å². The zero-order valence-corrected chi connectivity index (χ0v) is 17.2. The van der Waals surface area contributed by atoms with E-state index < -0.39 is 29.3 Å². The first-order valence-electron chi connectivity index (χ1n) is 9.86. The van der Waals surface area contributed by atoms with Crippen molar-refractivity contribution < 1.29 is 23.6 Å². The molecule has 4 rings (SSSR count). The van der Waals surface area contributed by atoms with Crippen LogP contribution in [0.3, 0.4) is 0 Å². The van der Waals surface area contributed by atoms with E-state index in [4.69, 9.17) is 11.6 Å². The summed E-state index contributed by atoms with van der Waals surface area (Å²) in [6.45, 7) is 1.27. The Morgan fingerprint density at radius 1 is 1.07 bits per heavy atom. The van der Waals surface area contributed by atoms with Gasteiger partial charge in [0.15, 0.2) is 0 Å². The van der Waals surface area contributed by atoms with Gasteiger partial charge in [0.05, 0.1) is 5.02 Å². The van der Waals surface area contributed by atoms with Crippen molar-refractivity contribution in [2.45, 2.75) is 25.8 Å². The molecule has 1 unspecified atom stereocenters. The van der Waals surface area contributed by atoms with Gasteiger partial charge in [-0.1, -0.05) is 17.7 Å². The topological polar surface area (TPSA) is 78.0 Å². The van der Waals surface area contributed by atoms with E-state index in [0.29, 0.717) is 37.1 Å². The van der Waals surface area contributed by atoms with Gasteiger partial charge in [0.2, 0.25) is 11.7 Å². The average Bonchev–Trinajstić information content (AvgIpc) is 2.71. The maximum Gasteiger partial charge on any atom is 0.295 e. The number of carbonyl (C=O) groups is 4. The number of benzene rings is 1. The minimum atomic E-state index is -1.27. The predicted molar refractivity (Wildman–Crippen MR) is 106 cm³/mol. The number of piperidine rings is 1. The molecule has 7 nitrogen and oxygen atoms in total. The summed E-state index contributed by atoms with van der Waals surface area (Å²) in [4.78, 5) is 56.0. The van der Waals surface area contributed by atoms with Gasteiger partial charge in [0.1, 0.15) is 17.4 Å².